The molecule has 2 rings (SSSR count). The van der Waals surface area contributed by atoms with Crippen LogP contribution in [0.3, 0.4) is 0 Å². The quantitative estimate of drug-likeness (QED) is 0.881. The first-order chi connectivity index (χ1) is 7.70. The molecule has 1 aromatic carbocycles. The van der Waals surface area contributed by atoms with Gasteiger partial charge < -0.3 is 5.73 Å². The molecule has 0 aliphatic heterocycles. The number of nitrogens with zero attached hydrogens (tertiary/aromatic N) is 1. The second-order valence-electron chi connectivity index (χ2n) is 3.92. The number of nitrogens with two attached hydrogens (primary N) is 1. The van der Waals surface area contributed by atoms with Gasteiger partial charge >= 0.3 is 0 Å². The highest BCUT2D eigenvalue weighted by Gasteiger charge is 2.07. The minimum Gasteiger partial charge on any atom is -0.323 e. The Morgan fingerprint density at radius 3 is 2.50 bits per heavy atom. The average molecular weight is 232 g/mol. The van der Waals surface area contributed by atoms with E-state index in [2.05, 4.69) is 36.2 Å². The van der Waals surface area contributed by atoms with Crippen LogP contribution in [0.25, 0.3) is 10.6 Å². The zero-order valence-electron chi connectivity index (χ0n) is 9.60. The molecule has 84 valence electrons. The Morgan fingerprint density at radius 1 is 1.31 bits per heavy atom. The lowest BCUT2D eigenvalue weighted by atomic mass is 10.1. The van der Waals surface area contributed by atoms with Crippen LogP contribution in [-0.2, 0) is 6.42 Å². The van der Waals surface area contributed by atoms with Gasteiger partial charge in [0.15, 0.2) is 0 Å². The molecular weight excluding hydrogens is 216 g/mol. The van der Waals surface area contributed by atoms with Gasteiger partial charge in [0, 0.05) is 17.0 Å². The highest BCUT2D eigenvalue weighted by Crippen LogP contribution is 2.25. The summed E-state index contributed by atoms with van der Waals surface area (Å²) in [6.07, 6.45) is 1.07. The Bertz CT molecular complexity index is 457. The summed E-state index contributed by atoms with van der Waals surface area (Å²) in [5, 5.41) is 3.09. The van der Waals surface area contributed by atoms with Crippen LogP contribution in [0.1, 0.15) is 31.1 Å². The summed E-state index contributed by atoms with van der Waals surface area (Å²) < 4.78 is 0. The minimum atomic E-state index is 0.0138. The Labute approximate surface area is 100 Å². The molecule has 0 saturated carbocycles. The first-order valence-electron chi connectivity index (χ1n) is 5.51. The van der Waals surface area contributed by atoms with Crippen LogP contribution in [0.5, 0.6) is 0 Å². The fraction of sp³-hybridized carbons (Fsp3) is 0.308. The molecule has 0 aliphatic rings. The van der Waals surface area contributed by atoms with E-state index in [1.807, 2.05) is 12.3 Å². The summed E-state index contributed by atoms with van der Waals surface area (Å²) in [5.74, 6) is 0. The monoisotopic (exact) mass is 232 g/mol. The van der Waals surface area contributed by atoms with Crippen molar-refractivity contribution in [1.82, 2.24) is 4.98 Å². The predicted molar refractivity (Wildman–Crippen MR) is 69.5 cm³/mol. The third-order valence-electron chi connectivity index (χ3n) is 2.60. The fourth-order valence-electron chi connectivity index (χ4n) is 1.51. The highest BCUT2D eigenvalue weighted by atomic mass is 32.1. The number of hydrogen-bond donors (Lipinski definition) is 1. The summed E-state index contributed by atoms with van der Waals surface area (Å²) >= 11 is 1.65. The number of thiazole rings is 1. The van der Waals surface area contributed by atoms with Gasteiger partial charge in [-0.1, -0.05) is 31.2 Å². The van der Waals surface area contributed by atoms with Gasteiger partial charge in [-0.05, 0) is 18.9 Å². The van der Waals surface area contributed by atoms with Crippen molar-refractivity contribution in [3.05, 3.63) is 40.9 Å². The van der Waals surface area contributed by atoms with Gasteiger partial charge in [-0.3, -0.25) is 0 Å². The van der Waals surface area contributed by atoms with Crippen LogP contribution >= 0.6 is 11.3 Å². The molecule has 2 nitrogen and oxygen atoms in total. The second kappa shape index (κ2) is 4.76. The summed E-state index contributed by atoms with van der Waals surface area (Å²) in [6, 6.07) is 8.58. The first kappa shape index (κ1) is 11.3. The number of rotatable bonds is 3. The normalized spacial score (nSPS) is 12.7. The van der Waals surface area contributed by atoms with Gasteiger partial charge in [0.25, 0.3) is 0 Å². The smallest absolute Gasteiger partial charge is 0.123 e. The van der Waals surface area contributed by atoms with E-state index >= 15 is 0 Å². The molecular formula is C13H16N2S. The van der Waals surface area contributed by atoms with Gasteiger partial charge in [-0.2, -0.15) is 0 Å². The lowest BCUT2D eigenvalue weighted by molar-refractivity contribution is 0.790. The Hall–Kier alpha value is -1.19. The second-order valence-corrected chi connectivity index (χ2v) is 4.77. The third kappa shape index (κ3) is 2.31. The molecule has 0 spiro atoms. The molecule has 1 heterocycles. The van der Waals surface area contributed by atoms with E-state index in [1.165, 1.54) is 11.1 Å². The maximum Gasteiger partial charge on any atom is 0.123 e. The van der Waals surface area contributed by atoms with Crippen LogP contribution < -0.4 is 5.73 Å². The fourth-order valence-corrected chi connectivity index (χ4v) is 2.44. The molecule has 2 N–H and O–H groups in total. The molecule has 0 amide bonds. The maximum absolute atomic E-state index is 5.79. The highest BCUT2D eigenvalue weighted by molar-refractivity contribution is 7.13. The van der Waals surface area contributed by atoms with E-state index in [1.54, 1.807) is 11.3 Å². The van der Waals surface area contributed by atoms with Crippen molar-refractivity contribution < 1.29 is 0 Å². The average Bonchev–Trinajstić information content (AvgIpc) is 2.78. The number of aryl methyl sites for hydroxylation is 1. The molecule has 3 heteroatoms. The molecule has 0 saturated heterocycles. The van der Waals surface area contributed by atoms with Crippen molar-refractivity contribution >= 4 is 11.3 Å². The SMILES string of the molecule is CCc1ccc(-c2nc(C(C)N)cs2)cc1. The minimum absolute atomic E-state index is 0.0138. The van der Waals surface area contributed by atoms with Crippen LogP contribution in [0.15, 0.2) is 29.6 Å². The van der Waals surface area contributed by atoms with Gasteiger partial charge in [0.2, 0.25) is 0 Å². The van der Waals surface area contributed by atoms with Gasteiger partial charge in [-0.15, -0.1) is 11.3 Å². The maximum atomic E-state index is 5.79. The van der Waals surface area contributed by atoms with Crippen molar-refractivity contribution in [3.8, 4) is 10.6 Å². The van der Waals surface area contributed by atoms with Crippen molar-refractivity contribution in [2.75, 3.05) is 0 Å². The Kier molecular flexibility index (Phi) is 3.36. The van der Waals surface area contributed by atoms with E-state index in [4.69, 9.17) is 5.73 Å². The van der Waals surface area contributed by atoms with E-state index in [0.717, 1.165) is 17.1 Å². The van der Waals surface area contributed by atoms with Crippen LogP contribution in [0, 0.1) is 0 Å². The lowest BCUT2D eigenvalue weighted by Gasteiger charge is -2.00. The van der Waals surface area contributed by atoms with Crippen molar-refractivity contribution in [3.63, 3.8) is 0 Å². The van der Waals surface area contributed by atoms with Gasteiger partial charge in [-0.25, -0.2) is 4.98 Å². The Morgan fingerprint density at radius 2 is 2.00 bits per heavy atom. The number of aromatic nitrogens is 1. The van der Waals surface area contributed by atoms with Gasteiger partial charge in [0.05, 0.1) is 5.69 Å². The van der Waals surface area contributed by atoms with E-state index in [0.29, 0.717) is 0 Å². The third-order valence-corrected chi connectivity index (χ3v) is 3.51. The molecule has 2 aromatic rings. The topological polar surface area (TPSA) is 38.9 Å². The van der Waals surface area contributed by atoms with Crippen LogP contribution in [0.2, 0.25) is 0 Å². The van der Waals surface area contributed by atoms with Crippen molar-refractivity contribution in [1.29, 1.82) is 0 Å². The molecule has 1 atom stereocenters. The van der Waals surface area contributed by atoms with Crippen molar-refractivity contribution in [2.24, 2.45) is 5.73 Å². The Balaban J connectivity index is 2.28. The molecule has 1 unspecified atom stereocenters. The first-order valence-corrected chi connectivity index (χ1v) is 6.39. The zero-order valence-corrected chi connectivity index (χ0v) is 10.4. The molecule has 0 fully saturated rings. The van der Waals surface area contributed by atoms with E-state index < -0.39 is 0 Å². The summed E-state index contributed by atoms with van der Waals surface area (Å²) in [5.41, 5.74) is 9.30. The van der Waals surface area contributed by atoms with Gasteiger partial charge in [0.1, 0.15) is 5.01 Å². The van der Waals surface area contributed by atoms with Crippen molar-refractivity contribution in [2.45, 2.75) is 26.3 Å². The molecule has 16 heavy (non-hydrogen) atoms. The molecule has 0 aliphatic carbocycles. The summed E-state index contributed by atoms with van der Waals surface area (Å²) in [7, 11) is 0. The number of hydrogen-bond acceptors (Lipinski definition) is 3. The van der Waals surface area contributed by atoms with E-state index in [-0.39, 0.29) is 6.04 Å². The van der Waals surface area contributed by atoms with Crippen LogP contribution in [0.4, 0.5) is 0 Å². The van der Waals surface area contributed by atoms with E-state index in [9.17, 15) is 0 Å². The molecule has 0 radical (unpaired) electrons. The number of benzene rings is 1. The largest absolute Gasteiger partial charge is 0.323 e. The zero-order chi connectivity index (χ0) is 11.5. The molecule has 1 aromatic heterocycles. The summed E-state index contributed by atoms with van der Waals surface area (Å²) in [6.45, 7) is 4.12. The standard InChI is InChI=1S/C13H16N2S/c1-3-10-4-6-11(7-5-10)13-15-12(8-16-13)9(2)14/h4-9H,3,14H2,1-2H3. The lowest BCUT2D eigenvalue weighted by Crippen LogP contribution is -2.04. The van der Waals surface area contributed by atoms with Crippen LogP contribution in [-0.4, -0.2) is 4.98 Å². The summed E-state index contributed by atoms with van der Waals surface area (Å²) in [4.78, 5) is 4.53. The predicted octanol–water partition coefficient (Wildman–Crippen LogP) is 3.39. The molecule has 0 bridgehead atoms.